The molecule has 1 atom stereocenters. The van der Waals surface area contributed by atoms with Crippen molar-refractivity contribution in [1.29, 1.82) is 0 Å². The molecule has 100 valence electrons. The van der Waals surface area contributed by atoms with Gasteiger partial charge in [-0.3, -0.25) is 4.99 Å². The summed E-state index contributed by atoms with van der Waals surface area (Å²) in [5.41, 5.74) is 0.419. The number of guanidine groups is 1. The molecule has 0 aromatic carbocycles. The van der Waals surface area contributed by atoms with E-state index >= 15 is 0 Å². The Bertz CT molecular complexity index is 249. The maximum Gasteiger partial charge on any atom is 0.191 e. The van der Waals surface area contributed by atoms with E-state index in [1.165, 1.54) is 25.7 Å². The summed E-state index contributed by atoms with van der Waals surface area (Å²) in [7, 11) is 0. The minimum atomic E-state index is 0.419. The summed E-state index contributed by atoms with van der Waals surface area (Å²) in [6, 6.07) is 1.16. The molecule has 0 amide bonds. The Balaban J connectivity index is 2.30. The SMILES string of the molecule is CCN=C(NC(C)CCC(C)(C)C)NC1CC1. The van der Waals surface area contributed by atoms with E-state index in [-0.39, 0.29) is 0 Å². The number of nitrogens with one attached hydrogen (secondary N) is 2. The van der Waals surface area contributed by atoms with Crippen LogP contribution in [0.1, 0.15) is 60.3 Å². The molecule has 1 saturated carbocycles. The molecular weight excluding hydrogens is 210 g/mol. The number of hydrogen-bond acceptors (Lipinski definition) is 1. The third-order valence-electron chi connectivity index (χ3n) is 2.94. The van der Waals surface area contributed by atoms with Gasteiger partial charge >= 0.3 is 0 Å². The molecule has 0 aromatic rings. The highest BCUT2D eigenvalue weighted by Crippen LogP contribution is 2.21. The van der Waals surface area contributed by atoms with E-state index in [0.717, 1.165) is 12.5 Å². The highest BCUT2D eigenvalue weighted by atomic mass is 15.2. The Morgan fingerprint density at radius 2 is 2.00 bits per heavy atom. The summed E-state index contributed by atoms with van der Waals surface area (Å²) in [4.78, 5) is 4.48. The summed E-state index contributed by atoms with van der Waals surface area (Å²) in [6.07, 6.45) is 5.02. The lowest BCUT2D eigenvalue weighted by Gasteiger charge is -2.23. The topological polar surface area (TPSA) is 36.4 Å². The van der Waals surface area contributed by atoms with Crippen LogP contribution in [0.3, 0.4) is 0 Å². The molecule has 3 heteroatoms. The van der Waals surface area contributed by atoms with E-state index in [4.69, 9.17) is 0 Å². The lowest BCUT2D eigenvalue weighted by atomic mass is 9.89. The first-order chi connectivity index (χ1) is 7.90. The molecule has 1 fully saturated rings. The van der Waals surface area contributed by atoms with Crippen LogP contribution >= 0.6 is 0 Å². The van der Waals surface area contributed by atoms with Crippen molar-refractivity contribution in [2.75, 3.05) is 6.54 Å². The molecular formula is C14H29N3. The van der Waals surface area contributed by atoms with Crippen LogP contribution in [0.2, 0.25) is 0 Å². The molecule has 0 bridgehead atoms. The summed E-state index contributed by atoms with van der Waals surface area (Å²) in [5, 5.41) is 6.96. The fourth-order valence-corrected chi connectivity index (χ4v) is 1.67. The first-order valence-electron chi connectivity index (χ1n) is 6.98. The van der Waals surface area contributed by atoms with E-state index in [2.05, 4.69) is 50.2 Å². The highest BCUT2D eigenvalue weighted by molar-refractivity contribution is 5.80. The number of rotatable bonds is 5. The predicted octanol–water partition coefficient (Wildman–Crippen LogP) is 2.92. The fraction of sp³-hybridized carbons (Fsp3) is 0.929. The maximum atomic E-state index is 4.48. The van der Waals surface area contributed by atoms with Gasteiger partial charge in [-0.2, -0.15) is 0 Å². The zero-order chi connectivity index (χ0) is 12.9. The van der Waals surface area contributed by atoms with Gasteiger partial charge in [0.2, 0.25) is 0 Å². The second kappa shape index (κ2) is 6.27. The van der Waals surface area contributed by atoms with E-state index in [9.17, 15) is 0 Å². The smallest absolute Gasteiger partial charge is 0.191 e. The Morgan fingerprint density at radius 3 is 2.47 bits per heavy atom. The second-order valence-corrected chi connectivity index (χ2v) is 6.39. The van der Waals surface area contributed by atoms with Crippen molar-refractivity contribution in [3.8, 4) is 0 Å². The standard InChI is InChI=1S/C14H29N3/c1-6-15-13(17-12-7-8-12)16-11(2)9-10-14(3,4)5/h11-12H,6-10H2,1-5H3,(H2,15,16,17). The van der Waals surface area contributed by atoms with Crippen molar-refractivity contribution in [3.05, 3.63) is 0 Å². The van der Waals surface area contributed by atoms with Crippen LogP contribution < -0.4 is 10.6 Å². The third kappa shape index (κ3) is 7.24. The Labute approximate surface area is 106 Å². The normalized spacial score (nSPS) is 19.0. The van der Waals surface area contributed by atoms with Crippen molar-refractivity contribution in [2.24, 2.45) is 10.4 Å². The monoisotopic (exact) mass is 239 g/mol. The van der Waals surface area contributed by atoms with Crippen molar-refractivity contribution >= 4 is 5.96 Å². The highest BCUT2D eigenvalue weighted by Gasteiger charge is 2.23. The van der Waals surface area contributed by atoms with Crippen molar-refractivity contribution in [3.63, 3.8) is 0 Å². The summed E-state index contributed by atoms with van der Waals surface area (Å²) in [5.74, 6) is 0.997. The zero-order valence-electron chi connectivity index (χ0n) is 12.1. The van der Waals surface area contributed by atoms with E-state index in [0.29, 0.717) is 17.5 Å². The molecule has 0 spiro atoms. The molecule has 2 N–H and O–H groups in total. The van der Waals surface area contributed by atoms with Crippen LogP contribution in [-0.2, 0) is 0 Å². The first-order valence-corrected chi connectivity index (χ1v) is 6.98. The van der Waals surface area contributed by atoms with E-state index in [1.807, 2.05) is 0 Å². The van der Waals surface area contributed by atoms with Crippen molar-refractivity contribution in [2.45, 2.75) is 72.4 Å². The van der Waals surface area contributed by atoms with Crippen molar-refractivity contribution < 1.29 is 0 Å². The molecule has 0 radical (unpaired) electrons. The first kappa shape index (κ1) is 14.3. The van der Waals surface area contributed by atoms with E-state index in [1.54, 1.807) is 0 Å². The van der Waals surface area contributed by atoms with Crippen LogP contribution in [0.5, 0.6) is 0 Å². The van der Waals surface area contributed by atoms with Crippen LogP contribution in [0, 0.1) is 5.41 Å². The van der Waals surface area contributed by atoms with Crippen LogP contribution in [-0.4, -0.2) is 24.6 Å². The largest absolute Gasteiger partial charge is 0.354 e. The maximum absolute atomic E-state index is 4.48. The molecule has 0 saturated heterocycles. The minimum Gasteiger partial charge on any atom is -0.354 e. The molecule has 0 aliphatic heterocycles. The number of nitrogens with zero attached hydrogens (tertiary/aromatic N) is 1. The van der Waals surface area contributed by atoms with Gasteiger partial charge in [0.25, 0.3) is 0 Å². The predicted molar refractivity (Wildman–Crippen MR) is 75.4 cm³/mol. The summed E-state index contributed by atoms with van der Waals surface area (Å²) < 4.78 is 0. The molecule has 1 aliphatic rings. The zero-order valence-corrected chi connectivity index (χ0v) is 12.1. The van der Waals surface area contributed by atoms with Gasteiger partial charge < -0.3 is 10.6 Å². The van der Waals surface area contributed by atoms with Gasteiger partial charge in [-0.25, -0.2) is 0 Å². The van der Waals surface area contributed by atoms with Gasteiger partial charge in [-0.05, 0) is 44.9 Å². The van der Waals surface area contributed by atoms with Crippen LogP contribution in [0.25, 0.3) is 0 Å². The summed E-state index contributed by atoms with van der Waals surface area (Å²) in [6.45, 7) is 12.0. The number of hydrogen-bond donors (Lipinski definition) is 2. The molecule has 1 aliphatic carbocycles. The molecule has 1 rings (SSSR count). The summed E-state index contributed by atoms with van der Waals surface area (Å²) >= 11 is 0. The average molecular weight is 239 g/mol. The Hall–Kier alpha value is -0.730. The Morgan fingerprint density at radius 1 is 1.35 bits per heavy atom. The molecule has 3 nitrogen and oxygen atoms in total. The van der Waals surface area contributed by atoms with Gasteiger partial charge in [0.05, 0.1) is 0 Å². The van der Waals surface area contributed by atoms with Crippen LogP contribution in [0.15, 0.2) is 4.99 Å². The second-order valence-electron chi connectivity index (χ2n) is 6.39. The van der Waals surface area contributed by atoms with Gasteiger partial charge in [-0.15, -0.1) is 0 Å². The molecule has 0 heterocycles. The minimum absolute atomic E-state index is 0.419. The lowest BCUT2D eigenvalue weighted by Crippen LogP contribution is -2.43. The van der Waals surface area contributed by atoms with E-state index < -0.39 is 0 Å². The van der Waals surface area contributed by atoms with Gasteiger partial charge in [0.1, 0.15) is 0 Å². The molecule has 0 aromatic heterocycles. The molecule has 17 heavy (non-hydrogen) atoms. The Kier molecular flexibility index (Phi) is 5.29. The average Bonchev–Trinajstić information content (AvgIpc) is 2.98. The van der Waals surface area contributed by atoms with Gasteiger partial charge in [0.15, 0.2) is 5.96 Å². The van der Waals surface area contributed by atoms with Gasteiger partial charge in [-0.1, -0.05) is 20.8 Å². The van der Waals surface area contributed by atoms with Crippen LogP contribution in [0.4, 0.5) is 0 Å². The molecule has 1 unspecified atom stereocenters. The fourth-order valence-electron chi connectivity index (χ4n) is 1.67. The van der Waals surface area contributed by atoms with Gasteiger partial charge in [0, 0.05) is 18.6 Å². The van der Waals surface area contributed by atoms with Crippen molar-refractivity contribution in [1.82, 2.24) is 10.6 Å². The number of aliphatic imine (C=N–C) groups is 1. The third-order valence-corrected chi connectivity index (χ3v) is 2.94. The lowest BCUT2D eigenvalue weighted by molar-refractivity contribution is 0.346. The quantitative estimate of drug-likeness (QED) is 0.572.